The van der Waals surface area contributed by atoms with Gasteiger partial charge in [0.15, 0.2) is 11.6 Å². The van der Waals surface area contributed by atoms with Gasteiger partial charge in [0.05, 0.1) is 5.56 Å². The van der Waals surface area contributed by atoms with Crippen LogP contribution in [-0.4, -0.2) is 18.2 Å². The molecular weight excluding hydrogens is 252 g/mol. The van der Waals surface area contributed by atoms with Crippen LogP contribution in [0.3, 0.4) is 0 Å². The highest BCUT2D eigenvalue weighted by Crippen LogP contribution is 2.32. The Morgan fingerprint density at radius 1 is 0.900 bits per heavy atom. The van der Waals surface area contributed by atoms with E-state index in [-0.39, 0.29) is 18.2 Å². The van der Waals surface area contributed by atoms with E-state index in [0.29, 0.717) is 28.0 Å². The molecule has 0 bridgehead atoms. The summed E-state index contributed by atoms with van der Waals surface area (Å²) >= 11 is 0. The summed E-state index contributed by atoms with van der Waals surface area (Å²) in [4.78, 5) is 25.0. The molecule has 2 aromatic rings. The van der Waals surface area contributed by atoms with Crippen molar-refractivity contribution in [1.29, 1.82) is 0 Å². The van der Waals surface area contributed by atoms with Gasteiger partial charge < -0.3 is 4.74 Å². The molecule has 2 aromatic carbocycles. The zero-order valence-electron chi connectivity index (χ0n) is 10.6. The standard InChI is InChI=1S/C17H10O3/c1-2-10-20-14-9-5-8-13-15(14)17(19)12-7-4-3-6-11(12)16(13)18/h1,3-9H,10H2. The van der Waals surface area contributed by atoms with Crippen molar-refractivity contribution in [3.8, 4) is 18.1 Å². The molecule has 96 valence electrons. The first-order chi connectivity index (χ1) is 9.74. The average molecular weight is 262 g/mol. The maximum atomic E-state index is 12.6. The summed E-state index contributed by atoms with van der Waals surface area (Å²) in [7, 11) is 0. The first-order valence-corrected chi connectivity index (χ1v) is 6.11. The summed E-state index contributed by atoms with van der Waals surface area (Å²) < 4.78 is 5.38. The molecule has 0 N–H and O–H groups in total. The van der Waals surface area contributed by atoms with E-state index in [1.807, 2.05) is 0 Å². The van der Waals surface area contributed by atoms with E-state index in [1.54, 1.807) is 42.5 Å². The van der Waals surface area contributed by atoms with Crippen molar-refractivity contribution >= 4 is 11.6 Å². The minimum Gasteiger partial charge on any atom is -0.480 e. The van der Waals surface area contributed by atoms with Crippen molar-refractivity contribution in [3.05, 3.63) is 64.7 Å². The summed E-state index contributed by atoms with van der Waals surface area (Å²) in [6.07, 6.45) is 5.16. The van der Waals surface area contributed by atoms with E-state index in [1.165, 1.54) is 0 Å². The molecule has 1 aliphatic rings. The number of hydrogen-bond donors (Lipinski definition) is 0. The lowest BCUT2D eigenvalue weighted by Gasteiger charge is -2.19. The van der Waals surface area contributed by atoms with Crippen molar-refractivity contribution in [1.82, 2.24) is 0 Å². The van der Waals surface area contributed by atoms with Gasteiger partial charge in [-0.05, 0) is 6.07 Å². The Balaban J connectivity index is 2.21. The zero-order chi connectivity index (χ0) is 14.1. The molecule has 0 aliphatic heterocycles. The van der Waals surface area contributed by atoms with E-state index >= 15 is 0 Å². The molecule has 0 saturated heterocycles. The lowest BCUT2D eigenvalue weighted by Crippen LogP contribution is -2.21. The Kier molecular flexibility index (Phi) is 2.85. The minimum atomic E-state index is -0.206. The van der Waals surface area contributed by atoms with Crippen LogP contribution >= 0.6 is 0 Å². The highest BCUT2D eigenvalue weighted by molar-refractivity contribution is 6.29. The van der Waals surface area contributed by atoms with Crippen LogP contribution in [-0.2, 0) is 0 Å². The van der Waals surface area contributed by atoms with E-state index in [0.717, 1.165) is 0 Å². The van der Waals surface area contributed by atoms with E-state index in [4.69, 9.17) is 11.2 Å². The molecule has 20 heavy (non-hydrogen) atoms. The molecule has 0 heterocycles. The van der Waals surface area contributed by atoms with Crippen molar-refractivity contribution in [2.75, 3.05) is 6.61 Å². The molecule has 0 radical (unpaired) electrons. The van der Waals surface area contributed by atoms with Crippen molar-refractivity contribution in [2.24, 2.45) is 0 Å². The molecule has 3 heteroatoms. The van der Waals surface area contributed by atoms with Crippen LogP contribution in [0.4, 0.5) is 0 Å². The highest BCUT2D eigenvalue weighted by atomic mass is 16.5. The van der Waals surface area contributed by atoms with Crippen LogP contribution in [0, 0.1) is 12.3 Å². The molecule has 0 saturated carbocycles. The number of carbonyl (C=O) groups excluding carboxylic acids is 2. The third kappa shape index (κ3) is 1.70. The molecule has 1 aliphatic carbocycles. The first kappa shape index (κ1) is 12.2. The van der Waals surface area contributed by atoms with Crippen molar-refractivity contribution in [3.63, 3.8) is 0 Å². The molecule has 3 nitrogen and oxygen atoms in total. The summed E-state index contributed by atoms with van der Waals surface area (Å²) in [5.41, 5.74) is 1.50. The Bertz CT molecular complexity index is 766. The third-order valence-electron chi connectivity index (χ3n) is 3.23. The molecule has 0 fully saturated rings. The smallest absolute Gasteiger partial charge is 0.198 e. The molecular formula is C17H10O3. The molecule has 0 spiro atoms. The van der Waals surface area contributed by atoms with Crippen LogP contribution in [0.1, 0.15) is 31.8 Å². The van der Waals surface area contributed by atoms with Gasteiger partial charge in [0.25, 0.3) is 0 Å². The van der Waals surface area contributed by atoms with Gasteiger partial charge in [0, 0.05) is 16.7 Å². The number of hydrogen-bond acceptors (Lipinski definition) is 3. The van der Waals surface area contributed by atoms with Crippen LogP contribution < -0.4 is 4.74 Å². The van der Waals surface area contributed by atoms with Gasteiger partial charge in [0.1, 0.15) is 12.4 Å². The van der Waals surface area contributed by atoms with E-state index in [2.05, 4.69) is 5.92 Å². The number of ether oxygens (including phenoxy) is 1. The fourth-order valence-electron chi connectivity index (χ4n) is 2.35. The van der Waals surface area contributed by atoms with Crippen molar-refractivity contribution in [2.45, 2.75) is 0 Å². The second kappa shape index (κ2) is 4.67. The van der Waals surface area contributed by atoms with Gasteiger partial charge in [-0.1, -0.05) is 42.3 Å². The van der Waals surface area contributed by atoms with E-state index in [9.17, 15) is 9.59 Å². The van der Waals surface area contributed by atoms with Gasteiger partial charge in [-0.25, -0.2) is 0 Å². The molecule has 3 rings (SSSR count). The van der Waals surface area contributed by atoms with Crippen LogP contribution in [0.15, 0.2) is 42.5 Å². The maximum Gasteiger partial charge on any atom is 0.198 e. The monoisotopic (exact) mass is 262 g/mol. The van der Waals surface area contributed by atoms with Gasteiger partial charge in [-0.15, -0.1) is 6.42 Å². The Morgan fingerprint density at radius 3 is 2.25 bits per heavy atom. The van der Waals surface area contributed by atoms with Crippen LogP contribution in [0.2, 0.25) is 0 Å². The second-order valence-electron chi connectivity index (χ2n) is 4.38. The van der Waals surface area contributed by atoms with Crippen LogP contribution in [0.5, 0.6) is 5.75 Å². The van der Waals surface area contributed by atoms with Crippen molar-refractivity contribution < 1.29 is 14.3 Å². The summed E-state index contributed by atoms with van der Waals surface area (Å²) in [5, 5.41) is 0. The topological polar surface area (TPSA) is 43.4 Å². The predicted molar refractivity (Wildman–Crippen MR) is 74.1 cm³/mol. The number of carbonyl (C=O) groups is 2. The second-order valence-corrected chi connectivity index (χ2v) is 4.38. The first-order valence-electron chi connectivity index (χ1n) is 6.11. The summed E-state index contributed by atoms with van der Waals surface area (Å²) in [6.45, 7) is 0.0551. The fourth-order valence-corrected chi connectivity index (χ4v) is 2.35. The SMILES string of the molecule is C#CCOc1cccc2c1C(=O)c1ccccc1C2=O. The number of rotatable bonds is 2. The van der Waals surface area contributed by atoms with Gasteiger partial charge in [0.2, 0.25) is 0 Å². The highest BCUT2D eigenvalue weighted by Gasteiger charge is 2.31. The molecule has 0 amide bonds. The number of terminal acetylenes is 1. The number of fused-ring (bicyclic) bond motifs is 2. The average Bonchev–Trinajstić information content (AvgIpc) is 2.50. The molecule has 0 atom stereocenters. The lowest BCUT2D eigenvalue weighted by molar-refractivity contribution is 0.0976. The molecule has 0 aromatic heterocycles. The van der Waals surface area contributed by atoms with Gasteiger partial charge >= 0.3 is 0 Å². The number of ketones is 2. The summed E-state index contributed by atoms with van der Waals surface area (Å²) in [6, 6.07) is 11.8. The summed E-state index contributed by atoms with van der Waals surface area (Å²) in [5.74, 6) is 2.33. The number of benzene rings is 2. The Hall–Kier alpha value is -2.86. The predicted octanol–water partition coefficient (Wildman–Crippen LogP) is 2.47. The molecule has 0 unspecified atom stereocenters. The lowest BCUT2D eigenvalue weighted by atomic mass is 9.83. The fraction of sp³-hybridized carbons (Fsp3) is 0.0588. The maximum absolute atomic E-state index is 12.6. The minimum absolute atomic E-state index is 0.0551. The van der Waals surface area contributed by atoms with Gasteiger partial charge in [-0.3, -0.25) is 9.59 Å². The quantitative estimate of drug-likeness (QED) is 0.666. The Labute approximate surface area is 116 Å². The Morgan fingerprint density at radius 2 is 1.55 bits per heavy atom. The largest absolute Gasteiger partial charge is 0.480 e. The normalized spacial score (nSPS) is 12.3. The van der Waals surface area contributed by atoms with Gasteiger partial charge in [-0.2, -0.15) is 0 Å². The van der Waals surface area contributed by atoms with E-state index < -0.39 is 0 Å². The zero-order valence-corrected chi connectivity index (χ0v) is 10.6. The third-order valence-corrected chi connectivity index (χ3v) is 3.23. The van der Waals surface area contributed by atoms with Crippen LogP contribution in [0.25, 0.3) is 0 Å².